The van der Waals surface area contributed by atoms with Crippen LogP contribution in [0, 0.1) is 0 Å². The van der Waals surface area contributed by atoms with E-state index >= 15 is 0 Å². The van der Waals surface area contributed by atoms with Gasteiger partial charge in [0, 0.05) is 35.1 Å². The Labute approximate surface area is 162 Å². The molecule has 2 aromatic heterocycles. The molecule has 0 aliphatic carbocycles. The predicted octanol–water partition coefficient (Wildman–Crippen LogP) is 4.22. The molecule has 3 N–H and O–H groups in total. The fourth-order valence-corrected chi connectivity index (χ4v) is 3.62. The molecule has 3 heterocycles. The van der Waals surface area contributed by atoms with Crippen LogP contribution in [0.4, 0.5) is 11.5 Å². The Kier molecular flexibility index (Phi) is 3.83. The van der Waals surface area contributed by atoms with Crippen molar-refractivity contribution in [2.75, 3.05) is 11.9 Å². The molecular weight excluding hydrogens is 350 g/mol. The molecule has 4 aromatic rings. The third-order valence-electron chi connectivity index (χ3n) is 5.06. The van der Waals surface area contributed by atoms with Gasteiger partial charge in [-0.15, -0.1) is 0 Å². The van der Waals surface area contributed by atoms with Crippen molar-refractivity contribution < 1.29 is 4.79 Å². The van der Waals surface area contributed by atoms with Crippen LogP contribution < -0.4 is 10.6 Å². The average Bonchev–Trinajstić information content (AvgIpc) is 3.18. The molecule has 0 radical (unpaired) electrons. The van der Waals surface area contributed by atoms with E-state index in [1.54, 1.807) is 6.20 Å². The number of benzene rings is 2. The monoisotopic (exact) mass is 369 g/mol. The molecule has 6 nitrogen and oxygen atoms in total. The summed E-state index contributed by atoms with van der Waals surface area (Å²) in [6.07, 6.45) is 1.73. The van der Waals surface area contributed by atoms with Crippen LogP contribution in [-0.4, -0.2) is 27.4 Å². The molecule has 0 spiro atoms. The van der Waals surface area contributed by atoms with Gasteiger partial charge in [0.2, 0.25) is 0 Å². The summed E-state index contributed by atoms with van der Waals surface area (Å²) in [6.45, 7) is 2.75. The Morgan fingerprint density at radius 2 is 1.93 bits per heavy atom. The van der Waals surface area contributed by atoms with Crippen LogP contribution in [0.3, 0.4) is 0 Å². The number of aromatic nitrogens is 3. The summed E-state index contributed by atoms with van der Waals surface area (Å²) in [5.41, 5.74) is 6.03. The van der Waals surface area contributed by atoms with E-state index in [0.717, 1.165) is 33.7 Å². The van der Waals surface area contributed by atoms with Crippen LogP contribution in [0.25, 0.3) is 22.3 Å². The maximum atomic E-state index is 12.2. The van der Waals surface area contributed by atoms with E-state index in [1.165, 1.54) is 0 Å². The van der Waals surface area contributed by atoms with Crippen LogP contribution in [0.15, 0.2) is 60.8 Å². The molecule has 1 amide bonds. The normalized spacial score (nSPS) is 15.9. The predicted molar refractivity (Wildman–Crippen MR) is 110 cm³/mol. The van der Waals surface area contributed by atoms with Gasteiger partial charge in [0.15, 0.2) is 0 Å². The second kappa shape index (κ2) is 6.49. The molecule has 28 heavy (non-hydrogen) atoms. The van der Waals surface area contributed by atoms with Crippen LogP contribution >= 0.6 is 0 Å². The number of fused-ring (bicyclic) bond motifs is 2. The molecule has 0 saturated carbocycles. The molecule has 6 heteroatoms. The van der Waals surface area contributed by atoms with Gasteiger partial charge in [0.25, 0.3) is 5.91 Å². The maximum absolute atomic E-state index is 12.2. The standard InChI is InChI=1S/C22H19N5O/c1-13-11-24-22(28)16-10-18(26-20(13)16)15-8-5-9-17-21(15)27-19(12-23-17)25-14-6-3-2-4-7-14/h2-10,12-13,26H,11H2,1H3,(H,24,28)(H,25,27). The topological polar surface area (TPSA) is 82.7 Å². The van der Waals surface area contributed by atoms with E-state index in [0.29, 0.717) is 17.9 Å². The minimum absolute atomic E-state index is 0.0339. The Balaban J connectivity index is 1.61. The van der Waals surface area contributed by atoms with Gasteiger partial charge < -0.3 is 15.6 Å². The van der Waals surface area contributed by atoms with Gasteiger partial charge in [-0.25, -0.2) is 4.98 Å². The second-order valence-electron chi connectivity index (χ2n) is 7.04. The van der Waals surface area contributed by atoms with Gasteiger partial charge in [-0.1, -0.05) is 37.3 Å². The fourth-order valence-electron chi connectivity index (χ4n) is 3.62. The number of hydrogen-bond donors (Lipinski definition) is 3. The smallest absolute Gasteiger partial charge is 0.253 e. The maximum Gasteiger partial charge on any atom is 0.253 e. The lowest BCUT2D eigenvalue weighted by Crippen LogP contribution is -2.33. The zero-order chi connectivity index (χ0) is 19.1. The molecule has 1 aliphatic heterocycles. The van der Waals surface area contributed by atoms with Gasteiger partial charge in [-0.3, -0.25) is 9.78 Å². The van der Waals surface area contributed by atoms with Gasteiger partial charge in [0.05, 0.1) is 17.3 Å². The number of nitrogens with one attached hydrogen (secondary N) is 3. The zero-order valence-corrected chi connectivity index (χ0v) is 15.4. The number of para-hydroxylation sites is 2. The van der Waals surface area contributed by atoms with Crippen molar-refractivity contribution in [1.82, 2.24) is 20.3 Å². The quantitative estimate of drug-likeness (QED) is 0.505. The lowest BCUT2D eigenvalue weighted by atomic mass is 9.99. The number of aromatic amines is 1. The highest BCUT2D eigenvalue weighted by molar-refractivity contribution is 6.00. The third kappa shape index (κ3) is 2.79. The first kappa shape index (κ1) is 16.5. The number of rotatable bonds is 3. The van der Waals surface area contributed by atoms with Crippen molar-refractivity contribution in [3.05, 3.63) is 72.1 Å². The Morgan fingerprint density at radius 1 is 1.07 bits per heavy atom. The Hall–Kier alpha value is -3.67. The highest BCUT2D eigenvalue weighted by Crippen LogP contribution is 2.32. The summed E-state index contributed by atoms with van der Waals surface area (Å²) < 4.78 is 0. The number of amides is 1. The molecule has 5 rings (SSSR count). The van der Waals surface area contributed by atoms with Crippen LogP contribution in [0.5, 0.6) is 0 Å². The summed E-state index contributed by atoms with van der Waals surface area (Å²) in [6, 6.07) is 17.7. The SMILES string of the molecule is CC1CNC(=O)c2cc(-c3cccc4ncc(Nc5ccccc5)nc34)[nH]c21. The average molecular weight is 369 g/mol. The highest BCUT2D eigenvalue weighted by atomic mass is 16.1. The van der Waals surface area contributed by atoms with Crippen LogP contribution in [0.2, 0.25) is 0 Å². The lowest BCUT2D eigenvalue weighted by Gasteiger charge is -2.18. The molecular formula is C22H19N5O. The van der Waals surface area contributed by atoms with E-state index in [4.69, 9.17) is 4.98 Å². The highest BCUT2D eigenvalue weighted by Gasteiger charge is 2.25. The number of nitrogens with zero attached hydrogens (tertiary/aromatic N) is 2. The molecule has 1 aliphatic rings. The first-order valence-electron chi connectivity index (χ1n) is 9.28. The van der Waals surface area contributed by atoms with Crippen molar-refractivity contribution in [2.24, 2.45) is 0 Å². The van der Waals surface area contributed by atoms with Crippen molar-refractivity contribution in [2.45, 2.75) is 12.8 Å². The third-order valence-corrected chi connectivity index (χ3v) is 5.06. The zero-order valence-electron chi connectivity index (χ0n) is 15.4. The largest absolute Gasteiger partial charge is 0.357 e. The Bertz CT molecular complexity index is 1180. The number of H-pyrrole nitrogens is 1. The summed E-state index contributed by atoms with van der Waals surface area (Å²) in [5, 5.41) is 6.22. The molecule has 0 fully saturated rings. The Morgan fingerprint density at radius 3 is 2.75 bits per heavy atom. The van der Waals surface area contributed by atoms with E-state index in [9.17, 15) is 4.79 Å². The molecule has 0 saturated heterocycles. The summed E-state index contributed by atoms with van der Waals surface area (Å²) in [7, 11) is 0. The number of carbonyl (C=O) groups is 1. The van der Waals surface area contributed by atoms with Crippen LogP contribution in [-0.2, 0) is 0 Å². The van der Waals surface area contributed by atoms with Crippen LogP contribution in [0.1, 0.15) is 28.9 Å². The minimum atomic E-state index is -0.0339. The first-order valence-corrected chi connectivity index (χ1v) is 9.28. The van der Waals surface area contributed by atoms with E-state index in [2.05, 4.69) is 27.5 Å². The van der Waals surface area contributed by atoms with E-state index in [-0.39, 0.29) is 11.8 Å². The lowest BCUT2D eigenvalue weighted by molar-refractivity contribution is 0.0941. The second-order valence-corrected chi connectivity index (χ2v) is 7.04. The summed E-state index contributed by atoms with van der Waals surface area (Å²) >= 11 is 0. The van der Waals surface area contributed by atoms with E-state index in [1.807, 2.05) is 54.6 Å². The fraction of sp³-hybridized carbons (Fsp3) is 0.136. The summed E-state index contributed by atoms with van der Waals surface area (Å²) in [4.78, 5) is 25.0. The molecule has 0 bridgehead atoms. The summed E-state index contributed by atoms with van der Waals surface area (Å²) in [5.74, 6) is 0.889. The first-order chi connectivity index (χ1) is 13.7. The molecule has 2 aromatic carbocycles. The number of hydrogen-bond acceptors (Lipinski definition) is 4. The molecule has 1 unspecified atom stereocenters. The number of anilines is 2. The van der Waals surface area contributed by atoms with E-state index < -0.39 is 0 Å². The van der Waals surface area contributed by atoms with Crippen molar-refractivity contribution in [1.29, 1.82) is 0 Å². The van der Waals surface area contributed by atoms with Gasteiger partial charge in [-0.05, 0) is 24.3 Å². The van der Waals surface area contributed by atoms with Crippen molar-refractivity contribution >= 4 is 28.4 Å². The van der Waals surface area contributed by atoms with Gasteiger partial charge in [0.1, 0.15) is 11.3 Å². The van der Waals surface area contributed by atoms with Crippen molar-refractivity contribution in [3.8, 4) is 11.3 Å². The minimum Gasteiger partial charge on any atom is -0.357 e. The molecule has 1 atom stereocenters. The van der Waals surface area contributed by atoms with Gasteiger partial charge >= 0.3 is 0 Å². The molecule has 138 valence electrons. The van der Waals surface area contributed by atoms with Crippen molar-refractivity contribution in [3.63, 3.8) is 0 Å². The van der Waals surface area contributed by atoms with Gasteiger partial charge in [-0.2, -0.15) is 0 Å². The number of carbonyl (C=O) groups excluding carboxylic acids is 1.